The second-order valence-corrected chi connectivity index (χ2v) is 7.27. The highest BCUT2D eigenvalue weighted by Crippen LogP contribution is 2.26. The first kappa shape index (κ1) is 16.4. The highest BCUT2D eigenvalue weighted by molar-refractivity contribution is 5.31. The van der Waals surface area contributed by atoms with Crippen LogP contribution in [0.2, 0.25) is 0 Å². The summed E-state index contributed by atoms with van der Waals surface area (Å²) < 4.78 is 0. The van der Waals surface area contributed by atoms with E-state index in [0.29, 0.717) is 5.92 Å². The van der Waals surface area contributed by atoms with Gasteiger partial charge in [-0.05, 0) is 51.8 Å². The SMILES string of the molecule is Cc1cc(C)nc([C@@H]2CCN(Cc3ccnc(N4CCCC4)n3)C2)n1. The molecule has 25 heavy (non-hydrogen) atoms. The van der Waals surface area contributed by atoms with Crippen molar-refractivity contribution >= 4 is 5.95 Å². The number of anilines is 1. The van der Waals surface area contributed by atoms with Gasteiger partial charge in [-0.1, -0.05) is 0 Å². The molecule has 2 saturated heterocycles. The number of nitrogens with zero attached hydrogens (tertiary/aromatic N) is 6. The Labute approximate surface area is 149 Å². The number of likely N-dealkylation sites (tertiary alicyclic amines) is 1. The molecule has 2 aliphatic heterocycles. The Morgan fingerprint density at radius 2 is 1.80 bits per heavy atom. The summed E-state index contributed by atoms with van der Waals surface area (Å²) in [5, 5.41) is 0. The maximum atomic E-state index is 4.79. The first-order valence-corrected chi connectivity index (χ1v) is 9.29. The van der Waals surface area contributed by atoms with Gasteiger partial charge in [-0.2, -0.15) is 0 Å². The quantitative estimate of drug-likeness (QED) is 0.853. The Balaban J connectivity index is 1.41. The molecule has 2 aliphatic rings. The van der Waals surface area contributed by atoms with E-state index in [0.717, 1.165) is 68.0 Å². The molecule has 0 spiro atoms. The Morgan fingerprint density at radius 3 is 2.56 bits per heavy atom. The van der Waals surface area contributed by atoms with Crippen molar-refractivity contribution in [3.8, 4) is 0 Å². The normalized spacial score (nSPS) is 21.2. The molecule has 1 atom stereocenters. The van der Waals surface area contributed by atoms with Gasteiger partial charge in [0.1, 0.15) is 5.82 Å². The summed E-state index contributed by atoms with van der Waals surface area (Å²) in [5.74, 6) is 2.32. The van der Waals surface area contributed by atoms with E-state index in [4.69, 9.17) is 4.98 Å². The van der Waals surface area contributed by atoms with E-state index in [2.05, 4.69) is 24.8 Å². The smallest absolute Gasteiger partial charge is 0.225 e. The number of hydrogen-bond acceptors (Lipinski definition) is 6. The minimum absolute atomic E-state index is 0.429. The highest BCUT2D eigenvalue weighted by Gasteiger charge is 2.26. The van der Waals surface area contributed by atoms with Crippen LogP contribution >= 0.6 is 0 Å². The van der Waals surface area contributed by atoms with Crippen LogP contribution in [0.1, 0.15) is 48.1 Å². The van der Waals surface area contributed by atoms with E-state index < -0.39 is 0 Å². The summed E-state index contributed by atoms with van der Waals surface area (Å²) in [6.45, 7) is 9.22. The van der Waals surface area contributed by atoms with Gasteiger partial charge in [0.25, 0.3) is 0 Å². The summed E-state index contributed by atoms with van der Waals surface area (Å²) in [6.07, 6.45) is 5.51. The van der Waals surface area contributed by atoms with Gasteiger partial charge in [0.05, 0.1) is 5.69 Å². The molecule has 4 rings (SSSR count). The average Bonchev–Trinajstić information content (AvgIpc) is 3.26. The standard InChI is InChI=1S/C19H26N6/c1-14-11-15(2)22-18(21-14)16-6-10-24(12-16)13-17-5-7-20-19(23-17)25-8-3-4-9-25/h5,7,11,16H,3-4,6,8-10,12-13H2,1-2H3/t16-/m1/s1. The predicted molar refractivity (Wildman–Crippen MR) is 97.6 cm³/mol. The van der Waals surface area contributed by atoms with E-state index in [9.17, 15) is 0 Å². The van der Waals surface area contributed by atoms with Gasteiger partial charge in [0.15, 0.2) is 0 Å². The third-order valence-corrected chi connectivity index (χ3v) is 5.11. The van der Waals surface area contributed by atoms with Gasteiger partial charge in [-0.25, -0.2) is 19.9 Å². The van der Waals surface area contributed by atoms with Crippen molar-refractivity contribution in [1.82, 2.24) is 24.8 Å². The van der Waals surface area contributed by atoms with Crippen molar-refractivity contribution in [1.29, 1.82) is 0 Å². The Bertz CT molecular complexity index is 720. The number of rotatable bonds is 4. The summed E-state index contributed by atoms with van der Waals surface area (Å²) >= 11 is 0. The Morgan fingerprint density at radius 1 is 1.04 bits per heavy atom. The molecule has 0 amide bonds. The number of hydrogen-bond donors (Lipinski definition) is 0. The molecule has 0 bridgehead atoms. The average molecular weight is 338 g/mol. The van der Waals surface area contributed by atoms with Gasteiger partial charge in [0.2, 0.25) is 5.95 Å². The van der Waals surface area contributed by atoms with Gasteiger partial charge < -0.3 is 4.90 Å². The van der Waals surface area contributed by atoms with Crippen LogP contribution in [0.4, 0.5) is 5.95 Å². The maximum Gasteiger partial charge on any atom is 0.225 e. The van der Waals surface area contributed by atoms with Crippen LogP contribution in [0.15, 0.2) is 18.3 Å². The molecule has 2 fully saturated rings. The number of aryl methyl sites for hydroxylation is 2. The lowest BCUT2D eigenvalue weighted by atomic mass is 10.1. The number of aromatic nitrogens is 4. The zero-order valence-corrected chi connectivity index (χ0v) is 15.1. The zero-order chi connectivity index (χ0) is 17.2. The van der Waals surface area contributed by atoms with Crippen molar-refractivity contribution in [2.45, 2.75) is 45.6 Å². The minimum Gasteiger partial charge on any atom is -0.341 e. The molecule has 4 heterocycles. The summed E-state index contributed by atoms with van der Waals surface area (Å²) in [5.41, 5.74) is 3.23. The molecule has 2 aromatic rings. The van der Waals surface area contributed by atoms with Crippen molar-refractivity contribution in [3.63, 3.8) is 0 Å². The summed E-state index contributed by atoms with van der Waals surface area (Å²) in [4.78, 5) is 23.3. The van der Waals surface area contributed by atoms with E-state index in [1.165, 1.54) is 12.8 Å². The van der Waals surface area contributed by atoms with Gasteiger partial charge >= 0.3 is 0 Å². The molecule has 0 N–H and O–H groups in total. The molecule has 6 nitrogen and oxygen atoms in total. The van der Waals surface area contributed by atoms with Crippen LogP contribution in [-0.2, 0) is 6.54 Å². The van der Waals surface area contributed by atoms with Crippen LogP contribution in [0.3, 0.4) is 0 Å². The van der Waals surface area contributed by atoms with Gasteiger partial charge in [-0.3, -0.25) is 4.90 Å². The second-order valence-electron chi connectivity index (χ2n) is 7.27. The molecule has 0 saturated carbocycles. The van der Waals surface area contributed by atoms with Crippen LogP contribution in [0.5, 0.6) is 0 Å². The lowest BCUT2D eigenvalue weighted by Crippen LogP contribution is -2.23. The minimum atomic E-state index is 0.429. The van der Waals surface area contributed by atoms with Crippen LogP contribution < -0.4 is 4.90 Å². The first-order chi connectivity index (χ1) is 12.2. The topological polar surface area (TPSA) is 58.0 Å². The molecule has 0 radical (unpaired) electrons. The van der Waals surface area contributed by atoms with Gasteiger partial charge in [0, 0.05) is 49.7 Å². The lowest BCUT2D eigenvalue weighted by Gasteiger charge is -2.18. The van der Waals surface area contributed by atoms with Crippen LogP contribution in [0, 0.1) is 13.8 Å². The predicted octanol–water partition coefficient (Wildman–Crippen LogP) is 2.47. The monoisotopic (exact) mass is 338 g/mol. The molecular formula is C19H26N6. The van der Waals surface area contributed by atoms with Crippen molar-refractivity contribution in [3.05, 3.63) is 41.2 Å². The molecular weight excluding hydrogens is 312 g/mol. The maximum absolute atomic E-state index is 4.79. The zero-order valence-electron chi connectivity index (χ0n) is 15.1. The van der Waals surface area contributed by atoms with Crippen molar-refractivity contribution in [2.24, 2.45) is 0 Å². The van der Waals surface area contributed by atoms with Crippen LogP contribution in [-0.4, -0.2) is 51.0 Å². The fourth-order valence-electron chi connectivity index (χ4n) is 3.89. The summed E-state index contributed by atoms with van der Waals surface area (Å²) in [7, 11) is 0. The van der Waals surface area contributed by atoms with E-state index in [-0.39, 0.29) is 0 Å². The Kier molecular flexibility index (Phi) is 4.61. The van der Waals surface area contributed by atoms with Gasteiger partial charge in [-0.15, -0.1) is 0 Å². The van der Waals surface area contributed by atoms with Crippen molar-refractivity contribution in [2.75, 3.05) is 31.1 Å². The molecule has 0 aliphatic carbocycles. The fourth-order valence-corrected chi connectivity index (χ4v) is 3.89. The fraction of sp³-hybridized carbons (Fsp3) is 0.579. The third-order valence-electron chi connectivity index (χ3n) is 5.11. The highest BCUT2D eigenvalue weighted by atomic mass is 15.3. The van der Waals surface area contributed by atoms with E-state index >= 15 is 0 Å². The molecule has 6 heteroatoms. The third kappa shape index (κ3) is 3.79. The van der Waals surface area contributed by atoms with Crippen LogP contribution in [0.25, 0.3) is 0 Å². The molecule has 2 aromatic heterocycles. The van der Waals surface area contributed by atoms with E-state index in [1.807, 2.05) is 32.2 Å². The molecule has 0 aromatic carbocycles. The van der Waals surface area contributed by atoms with Crippen molar-refractivity contribution < 1.29 is 0 Å². The van der Waals surface area contributed by atoms with E-state index in [1.54, 1.807) is 0 Å². The largest absolute Gasteiger partial charge is 0.341 e. The lowest BCUT2D eigenvalue weighted by molar-refractivity contribution is 0.321. The Hall–Kier alpha value is -2.08. The second kappa shape index (κ2) is 7.04. The summed E-state index contributed by atoms with van der Waals surface area (Å²) in [6, 6.07) is 4.08. The molecule has 0 unspecified atom stereocenters. The first-order valence-electron chi connectivity index (χ1n) is 9.29. The molecule has 132 valence electrons.